The summed E-state index contributed by atoms with van der Waals surface area (Å²) in [5.41, 5.74) is 0.572. The molecule has 1 aliphatic heterocycles. The van der Waals surface area contributed by atoms with Crippen LogP contribution in [0.15, 0.2) is 24.5 Å². The quantitative estimate of drug-likeness (QED) is 0.872. The van der Waals surface area contributed by atoms with Gasteiger partial charge in [-0.1, -0.05) is 0 Å². The van der Waals surface area contributed by atoms with Gasteiger partial charge in [-0.2, -0.15) is 0 Å². The number of amides is 2. The first-order valence-corrected chi connectivity index (χ1v) is 7.00. The number of carbonyl (C=O) groups excluding carboxylic acids is 2. The topological polar surface area (TPSA) is 62.3 Å². The van der Waals surface area contributed by atoms with Crippen molar-refractivity contribution in [2.24, 2.45) is 5.41 Å². The number of rotatable bonds is 5. The number of nitrogens with one attached hydrogen (secondary N) is 1. The fourth-order valence-electron chi connectivity index (χ4n) is 2.52. The molecule has 0 aromatic carbocycles. The zero-order valence-electron chi connectivity index (χ0n) is 12.1. The van der Waals surface area contributed by atoms with Crippen molar-refractivity contribution in [3.05, 3.63) is 30.1 Å². The smallest absolute Gasteiger partial charge is 0.230 e. The van der Waals surface area contributed by atoms with Gasteiger partial charge in [-0.15, -0.1) is 0 Å². The van der Waals surface area contributed by atoms with E-state index in [4.69, 9.17) is 0 Å². The van der Waals surface area contributed by atoms with Gasteiger partial charge < -0.3 is 10.2 Å². The lowest BCUT2D eigenvalue weighted by Crippen LogP contribution is -2.44. The summed E-state index contributed by atoms with van der Waals surface area (Å²) < 4.78 is 0. The van der Waals surface area contributed by atoms with Crippen molar-refractivity contribution in [2.45, 2.75) is 26.7 Å². The molecule has 1 aromatic rings. The summed E-state index contributed by atoms with van der Waals surface area (Å²) in [5.74, 6) is 0.0263. The molecule has 1 atom stereocenters. The van der Waals surface area contributed by atoms with Crippen LogP contribution < -0.4 is 5.32 Å². The third kappa shape index (κ3) is 3.15. The number of nitrogens with zero attached hydrogens (tertiary/aromatic N) is 2. The molecule has 108 valence electrons. The average molecular weight is 275 g/mol. The first-order valence-electron chi connectivity index (χ1n) is 7.00. The van der Waals surface area contributed by atoms with Gasteiger partial charge >= 0.3 is 0 Å². The Morgan fingerprint density at radius 1 is 1.45 bits per heavy atom. The van der Waals surface area contributed by atoms with Crippen molar-refractivity contribution in [1.29, 1.82) is 0 Å². The Labute approximate surface area is 119 Å². The molecule has 5 heteroatoms. The van der Waals surface area contributed by atoms with Crippen LogP contribution in [0.5, 0.6) is 0 Å². The molecule has 2 rings (SSSR count). The lowest BCUT2D eigenvalue weighted by molar-refractivity contribution is -0.141. The molecular weight excluding hydrogens is 254 g/mol. The van der Waals surface area contributed by atoms with E-state index >= 15 is 0 Å². The lowest BCUT2D eigenvalue weighted by Gasteiger charge is -2.29. The predicted octanol–water partition coefficient (Wildman–Crippen LogP) is 0.999. The summed E-state index contributed by atoms with van der Waals surface area (Å²) in [5, 5.41) is 2.75. The van der Waals surface area contributed by atoms with Gasteiger partial charge in [0.1, 0.15) is 0 Å². The highest BCUT2D eigenvalue weighted by Gasteiger charge is 2.42. The molecule has 0 radical (unpaired) electrons. The Hall–Kier alpha value is -1.91. The summed E-state index contributed by atoms with van der Waals surface area (Å²) in [7, 11) is 0. The van der Waals surface area contributed by atoms with Crippen LogP contribution in [0.25, 0.3) is 0 Å². The molecule has 5 nitrogen and oxygen atoms in total. The fraction of sp³-hybridized carbons (Fsp3) is 0.533. The molecule has 1 unspecified atom stereocenters. The maximum absolute atomic E-state index is 12.6. The van der Waals surface area contributed by atoms with Gasteiger partial charge in [0, 0.05) is 38.4 Å². The number of hydrogen-bond donors (Lipinski definition) is 1. The van der Waals surface area contributed by atoms with Crippen LogP contribution in [-0.4, -0.2) is 41.3 Å². The zero-order chi connectivity index (χ0) is 14.6. The molecule has 1 fully saturated rings. The Kier molecular flexibility index (Phi) is 4.37. The molecule has 0 aliphatic carbocycles. The first-order chi connectivity index (χ1) is 9.55. The largest absolute Gasteiger partial charge is 0.355 e. The molecule has 0 bridgehead atoms. The second kappa shape index (κ2) is 6.03. The monoisotopic (exact) mass is 275 g/mol. The molecule has 1 saturated heterocycles. The van der Waals surface area contributed by atoms with Crippen molar-refractivity contribution in [1.82, 2.24) is 15.2 Å². The van der Waals surface area contributed by atoms with E-state index < -0.39 is 5.41 Å². The Morgan fingerprint density at radius 3 is 2.70 bits per heavy atom. The summed E-state index contributed by atoms with van der Waals surface area (Å²) in [6.07, 6.45) is 4.61. The number of carbonyl (C=O) groups is 2. The standard InChI is InChI=1S/C15H21N3O2/c1-3-18(9-6-12-4-7-16-8-5-12)14(20)15(2)10-13(19)17-11-15/h4-5,7-8H,3,6,9-11H2,1-2H3,(H,17,19). The summed E-state index contributed by atoms with van der Waals surface area (Å²) >= 11 is 0. The number of aromatic nitrogens is 1. The number of pyridine rings is 1. The Bertz CT molecular complexity index is 489. The second-order valence-corrected chi connectivity index (χ2v) is 5.50. The van der Waals surface area contributed by atoms with E-state index in [-0.39, 0.29) is 18.2 Å². The maximum Gasteiger partial charge on any atom is 0.230 e. The van der Waals surface area contributed by atoms with Crippen LogP contribution in [0.4, 0.5) is 0 Å². The van der Waals surface area contributed by atoms with E-state index in [1.807, 2.05) is 30.9 Å². The molecule has 2 amide bonds. The third-order valence-corrected chi connectivity index (χ3v) is 3.83. The molecule has 0 saturated carbocycles. The van der Waals surface area contributed by atoms with E-state index in [2.05, 4.69) is 10.3 Å². The first kappa shape index (κ1) is 14.5. The summed E-state index contributed by atoms with van der Waals surface area (Å²) in [4.78, 5) is 29.8. The van der Waals surface area contributed by atoms with E-state index in [9.17, 15) is 9.59 Å². The van der Waals surface area contributed by atoms with Crippen molar-refractivity contribution >= 4 is 11.8 Å². The lowest BCUT2D eigenvalue weighted by atomic mass is 9.87. The fourth-order valence-corrected chi connectivity index (χ4v) is 2.52. The van der Waals surface area contributed by atoms with Gasteiger partial charge in [0.25, 0.3) is 0 Å². The zero-order valence-corrected chi connectivity index (χ0v) is 12.1. The highest BCUT2D eigenvalue weighted by molar-refractivity contribution is 5.92. The van der Waals surface area contributed by atoms with Crippen LogP contribution in [0, 0.1) is 5.41 Å². The summed E-state index contributed by atoms with van der Waals surface area (Å²) in [6, 6.07) is 3.92. The Morgan fingerprint density at radius 2 is 2.15 bits per heavy atom. The van der Waals surface area contributed by atoms with Gasteiger partial charge in [-0.05, 0) is 38.0 Å². The summed E-state index contributed by atoms with van der Waals surface area (Å²) in [6.45, 7) is 5.60. The normalized spacial score (nSPS) is 21.6. The van der Waals surface area contributed by atoms with Gasteiger partial charge in [0.15, 0.2) is 0 Å². The van der Waals surface area contributed by atoms with Gasteiger partial charge in [-0.3, -0.25) is 14.6 Å². The van der Waals surface area contributed by atoms with Crippen molar-refractivity contribution in [3.63, 3.8) is 0 Å². The van der Waals surface area contributed by atoms with Crippen LogP contribution in [0.3, 0.4) is 0 Å². The minimum atomic E-state index is -0.592. The Balaban J connectivity index is 1.98. The minimum absolute atomic E-state index is 0.0361. The highest BCUT2D eigenvalue weighted by Crippen LogP contribution is 2.28. The van der Waals surface area contributed by atoms with Crippen LogP contribution >= 0.6 is 0 Å². The minimum Gasteiger partial charge on any atom is -0.355 e. The molecule has 1 aliphatic rings. The van der Waals surface area contributed by atoms with Gasteiger partial charge in [-0.25, -0.2) is 0 Å². The molecule has 1 N–H and O–H groups in total. The maximum atomic E-state index is 12.6. The van der Waals surface area contributed by atoms with Crippen LogP contribution in [0.1, 0.15) is 25.8 Å². The molecule has 0 spiro atoms. The van der Waals surface area contributed by atoms with Crippen LogP contribution in [-0.2, 0) is 16.0 Å². The van der Waals surface area contributed by atoms with Crippen molar-refractivity contribution in [2.75, 3.05) is 19.6 Å². The average Bonchev–Trinajstić information content (AvgIpc) is 2.81. The van der Waals surface area contributed by atoms with E-state index in [1.54, 1.807) is 12.4 Å². The molecular formula is C15H21N3O2. The molecule has 2 heterocycles. The van der Waals surface area contributed by atoms with E-state index in [0.29, 0.717) is 19.6 Å². The molecule has 1 aromatic heterocycles. The SMILES string of the molecule is CCN(CCc1ccncc1)C(=O)C1(C)CNC(=O)C1. The van der Waals surface area contributed by atoms with Gasteiger partial charge in [0.2, 0.25) is 11.8 Å². The van der Waals surface area contributed by atoms with E-state index in [0.717, 1.165) is 12.0 Å². The number of likely N-dealkylation sites (N-methyl/N-ethyl adjacent to an activating group) is 1. The van der Waals surface area contributed by atoms with Crippen molar-refractivity contribution < 1.29 is 9.59 Å². The second-order valence-electron chi connectivity index (χ2n) is 5.50. The van der Waals surface area contributed by atoms with Crippen molar-refractivity contribution in [3.8, 4) is 0 Å². The van der Waals surface area contributed by atoms with Crippen LogP contribution in [0.2, 0.25) is 0 Å². The predicted molar refractivity (Wildman–Crippen MR) is 75.9 cm³/mol. The molecule has 20 heavy (non-hydrogen) atoms. The highest BCUT2D eigenvalue weighted by atomic mass is 16.2. The van der Waals surface area contributed by atoms with Gasteiger partial charge in [0.05, 0.1) is 5.41 Å². The van der Waals surface area contributed by atoms with E-state index in [1.165, 1.54) is 0 Å². The third-order valence-electron chi connectivity index (χ3n) is 3.83. The number of hydrogen-bond acceptors (Lipinski definition) is 3.